The highest BCUT2D eigenvalue weighted by Crippen LogP contribution is 2.21. The van der Waals surface area contributed by atoms with Crippen LogP contribution in [0, 0.1) is 24.0 Å². The highest BCUT2D eigenvalue weighted by Gasteiger charge is 2.15. The summed E-state index contributed by atoms with van der Waals surface area (Å²) in [6.07, 6.45) is 1.43. The van der Waals surface area contributed by atoms with Gasteiger partial charge in [0.1, 0.15) is 0 Å². The van der Waals surface area contributed by atoms with E-state index in [4.69, 9.17) is 11.6 Å². The lowest BCUT2D eigenvalue weighted by molar-refractivity contribution is -0.385. The van der Waals surface area contributed by atoms with Gasteiger partial charge >= 0.3 is 0 Å². The molecule has 0 fully saturated rings. The Morgan fingerprint density at radius 3 is 2.59 bits per heavy atom. The average molecular weight is 411 g/mol. The monoisotopic (exact) mass is 410 g/mol. The van der Waals surface area contributed by atoms with E-state index in [1.807, 2.05) is 44.2 Å². The zero-order chi connectivity index (χ0) is 21.0. The third-order valence-corrected chi connectivity index (χ3v) is 4.74. The van der Waals surface area contributed by atoms with Crippen molar-refractivity contribution >= 4 is 29.4 Å². The van der Waals surface area contributed by atoms with Crippen molar-refractivity contribution in [3.8, 4) is 5.69 Å². The minimum atomic E-state index is -0.502. The van der Waals surface area contributed by atoms with E-state index in [0.717, 1.165) is 22.6 Å². The van der Waals surface area contributed by atoms with E-state index in [1.54, 1.807) is 24.4 Å². The second-order valence-electron chi connectivity index (χ2n) is 6.49. The maximum absolute atomic E-state index is 12.1. The van der Waals surface area contributed by atoms with Crippen LogP contribution < -0.4 is 5.43 Å². The molecule has 3 rings (SSSR count). The van der Waals surface area contributed by atoms with Crippen molar-refractivity contribution in [3.05, 3.63) is 92.2 Å². The number of amides is 1. The topological polar surface area (TPSA) is 89.5 Å². The number of nitro groups is 1. The summed E-state index contributed by atoms with van der Waals surface area (Å²) in [4.78, 5) is 22.7. The number of para-hydroxylation sites is 1. The van der Waals surface area contributed by atoms with Crippen LogP contribution in [-0.4, -0.2) is 21.6 Å². The van der Waals surface area contributed by atoms with E-state index >= 15 is 0 Å². The van der Waals surface area contributed by atoms with E-state index in [1.165, 1.54) is 6.07 Å². The number of hydrogen-bond acceptors (Lipinski definition) is 4. The number of aromatic nitrogens is 1. The Morgan fingerprint density at radius 2 is 1.90 bits per heavy atom. The number of aryl methyl sites for hydroxylation is 1. The Labute approximate surface area is 172 Å². The quantitative estimate of drug-likeness (QED) is 0.372. The molecule has 8 heteroatoms. The van der Waals surface area contributed by atoms with Crippen molar-refractivity contribution in [1.29, 1.82) is 0 Å². The van der Waals surface area contributed by atoms with Gasteiger partial charge in [0.2, 0.25) is 5.91 Å². The lowest BCUT2D eigenvalue weighted by atomic mass is 10.1. The second-order valence-corrected chi connectivity index (χ2v) is 6.93. The van der Waals surface area contributed by atoms with Crippen LogP contribution in [0.5, 0.6) is 0 Å². The minimum absolute atomic E-state index is 0.0851. The molecule has 1 aromatic heterocycles. The predicted octanol–water partition coefficient (Wildman–Crippen LogP) is 4.35. The summed E-state index contributed by atoms with van der Waals surface area (Å²) in [7, 11) is 0. The molecule has 29 heavy (non-hydrogen) atoms. The summed E-state index contributed by atoms with van der Waals surface area (Å²) in [5.41, 5.74) is 6.48. The van der Waals surface area contributed by atoms with Gasteiger partial charge in [-0.05, 0) is 44.2 Å². The molecule has 1 amide bonds. The molecular weight excluding hydrogens is 392 g/mol. The first kappa shape index (κ1) is 20.3. The van der Waals surface area contributed by atoms with Crippen LogP contribution in [0.4, 0.5) is 5.69 Å². The Bertz CT molecular complexity index is 1090. The summed E-state index contributed by atoms with van der Waals surface area (Å²) >= 11 is 5.96. The van der Waals surface area contributed by atoms with Gasteiger partial charge in [-0.15, -0.1) is 0 Å². The summed E-state index contributed by atoms with van der Waals surface area (Å²) in [5, 5.41) is 15.7. The molecule has 0 spiro atoms. The lowest BCUT2D eigenvalue weighted by Gasteiger charge is -2.09. The molecule has 0 saturated heterocycles. The molecule has 0 radical (unpaired) electrons. The zero-order valence-corrected chi connectivity index (χ0v) is 16.7. The van der Waals surface area contributed by atoms with Crippen LogP contribution in [-0.2, 0) is 11.2 Å². The van der Waals surface area contributed by atoms with Crippen molar-refractivity contribution in [1.82, 2.24) is 9.99 Å². The lowest BCUT2D eigenvalue weighted by Crippen LogP contribution is -2.20. The molecular formula is C21H19ClN4O3. The van der Waals surface area contributed by atoms with Gasteiger partial charge in [-0.25, -0.2) is 5.43 Å². The number of hydrazone groups is 1. The molecule has 0 bridgehead atoms. The van der Waals surface area contributed by atoms with Gasteiger partial charge in [-0.2, -0.15) is 5.10 Å². The molecule has 148 valence electrons. The number of nitrogens with zero attached hydrogens (tertiary/aromatic N) is 3. The van der Waals surface area contributed by atoms with Crippen LogP contribution >= 0.6 is 11.6 Å². The first-order valence-corrected chi connectivity index (χ1v) is 9.23. The molecule has 0 atom stereocenters. The fraction of sp³-hybridized carbons (Fsp3) is 0.143. The van der Waals surface area contributed by atoms with Gasteiger partial charge in [0, 0.05) is 39.3 Å². The van der Waals surface area contributed by atoms with Gasteiger partial charge in [0.05, 0.1) is 17.6 Å². The van der Waals surface area contributed by atoms with Crippen molar-refractivity contribution < 1.29 is 9.72 Å². The second kappa shape index (κ2) is 8.70. The average Bonchev–Trinajstić information content (AvgIpc) is 2.96. The number of benzene rings is 2. The number of nitro benzene ring substituents is 1. The molecule has 0 saturated carbocycles. The summed E-state index contributed by atoms with van der Waals surface area (Å²) in [5.74, 6) is -0.429. The Kier molecular flexibility index (Phi) is 6.09. The van der Waals surface area contributed by atoms with Crippen LogP contribution in [0.1, 0.15) is 22.5 Å². The smallest absolute Gasteiger partial charge is 0.273 e. The standard InChI is InChI=1S/C21H19ClN4O3/c1-14-11-17(15(2)25(14)19-9-7-18(22)8-10-19)13-23-24-21(27)12-16-5-3-4-6-20(16)26(28)29/h3-11,13H,12H2,1-2H3,(H,24,27)/b23-13-. The highest BCUT2D eigenvalue weighted by atomic mass is 35.5. The van der Waals surface area contributed by atoms with Crippen LogP contribution in [0.25, 0.3) is 5.69 Å². The van der Waals surface area contributed by atoms with Crippen molar-refractivity contribution in [2.75, 3.05) is 0 Å². The largest absolute Gasteiger partial charge is 0.318 e. The normalized spacial score (nSPS) is 11.0. The van der Waals surface area contributed by atoms with Crippen molar-refractivity contribution in [3.63, 3.8) is 0 Å². The highest BCUT2D eigenvalue weighted by molar-refractivity contribution is 6.30. The van der Waals surface area contributed by atoms with E-state index in [2.05, 4.69) is 15.1 Å². The molecule has 0 aliphatic rings. The third-order valence-electron chi connectivity index (χ3n) is 4.49. The number of nitrogens with one attached hydrogen (secondary N) is 1. The number of carbonyl (C=O) groups excluding carboxylic acids is 1. The predicted molar refractivity (Wildman–Crippen MR) is 113 cm³/mol. The van der Waals surface area contributed by atoms with Crippen molar-refractivity contribution in [2.24, 2.45) is 5.10 Å². The molecule has 0 aliphatic heterocycles. The number of hydrogen-bond donors (Lipinski definition) is 1. The Morgan fingerprint density at radius 1 is 1.21 bits per heavy atom. The Hall–Kier alpha value is -3.45. The van der Waals surface area contributed by atoms with Gasteiger partial charge in [0.25, 0.3) is 5.69 Å². The van der Waals surface area contributed by atoms with Crippen LogP contribution in [0.2, 0.25) is 5.02 Å². The van der Waals surface area contributed by atoms with Crippen LogP contribution in [0.3, 0.4) is 0 Å². The van der Waals surface area contributed by atoms with E-state index in [0.29, 0.717) is 10.6 Å². The third kappa shape index (κ3) is 4.70. The van der Waals surface area contributed by atoms with E-state index in [-0.39, 0.29) is 12.1 Å². The molecule has 7 nitrogen and oxygen atoms in total. The first-order chi connectivity index (χ1) is 13.9. The number of rotatable bonds is 6. The van der Waals surface area contributed by atoms with Gasteiger partial charge in [-0.1, -0.05) is 29.8 Å². The van der Waals surface area contributed by atoms with Crippen molar-refractivity contribution in [2.45, 2.75) is 20.3 Å². The zero-order valence-electron chi connectivity index (χ0n) is 15.9. The first-order valence-electron chi connectivity index (χ1n) is 8.86. The van der Waals surface area contributed by atoms with Crippen LogP contribution in [0.15, 0.2) is 59.7 Å². The van der Waals surface area contributed by atoms with Gasteiger partial charge < -0.3 is 4.57 Å². The molecule has 1 N–H and O–H groups in total. The van der Waals surface area contributed by atoms with E-state index < -0.39 is 10.8 Å². The fourth-order valence-electron chi connectivity index (χ4n) is 3.13. The summed E-state index contributed by atoms with van der Waals surface area (Å²) < 4.78 is 2.06. The summed E-state index contributed by atoms with van der Waals surface area (Å²) in [6.45, 7) is 3.93. The number of carbonyl (C=O) groups is 1. The summed E-state index contributed by atoms with van der Waals surface area (Å²) in [6, 6.07) is 15.6. The Balaban J connectivity index is 1.71. The number of halogens is 1. The maximum atomic E-state index is 12.1. The molecule has 0 unspecified atom stereocenters. The fourth-order valence-corrected chi connectivity index (χ4v) is 3.26. The maximum Gasteiger partial charge on any atom is 0.273 e. The molecule has 2 aromatic carbocycles. The van der Waals surface area contributed by atoms with Gasteiger partial charge in [0.15, 0.2) is 0 Å². The van der Waals surface area contributed by atoms with E-state index in [9.17, 15) is 14.9 Å². The van der Waals surface area contributed by atoms with Gasteiger partial charge in [-0.3, -0.25) is 14.9 Å². The minimum Gasteiger partial charge on any atom is -0.318 e. The molecule has 3 aromatic rings. The SMILES string of the molecule is Cc1cc(/C=N\NC(=O)Cc2ccccc2[N+](=O)[O-])c(C)n1-c1ccc(Cl)cc1. The molecule has 1 heterocycles. The molecule has 0 aliphatic carbocycles.